The van der Waals surface area contributed by atoms with Crippen molar-refractivity contribution in [3.05, 3.63) is 87.4 Å². The number of halogens is 2. The van der Waals surface area contributed by atoms with E-state index in [1.54, 1.807) is 12.1 Å². The fourth-order valence-electron chi connectivity index (χ4n) is 3.00. The Morgan fingerprint density at radius 1 is 1.14 bits per heavy atom. The summed E-state index contributed by atoms with van der Waals surface area (Å²) < 4.78 is 15.5. The van der Waals surface area contributed by atoms with Crippen molar-refractivity contribution in [2.75, 3.05) is 0 Å². The summed E-state index contributed by atoms with van der Waals surface area (Å²) in [5.41, 5.74) is 5.17. The van der Waals surface area contributed by atoms with Crippen molar-refractivity contribution in [1.29, 1.82) is 0 Å². The lowest BCUT2D eigenvalue weighted by Gasteiger charge is -2.11. The predicted molar refractivity (Wildman–Crippen MR) is 109 cm³/mol. The standard InChI is InChI=1S/C21H17ClFN3O3/c1-12-9-14(11-24-25-20(27)16-5-3-4-6-19(16)23)13(2)26(12)15-7-8-18(22)17(10-15)21(28)29/h3-11H,1-2H3,(H,25,27)(H,28,29)/b24-11-. The number of carbonyl (C=O) groups is 2. The fraction of sp³-hybridized carbons (Fsp3) is 0.0952. The SMILES string of the molecule is Cc1cc(/C=N\NC(=O)c2ccccc2F)c(C)n1-c1ccc(Cl)c(C(=O)O)c1. The van der Waals surface area contributed by atoms with E-state index in [9.17, 15) is 19.1 Å². The molecule has 6 nitrogen and oxygen atoms in total. The lowest BCUT2D eigenvalue weighted by Crippen LogP contribution is -2.18. The number of hydrogen-bond acceptors (Lipinski definition) is 3. The normalized spacial score (nSPS) is 11.0. The van der Waals surface area contributed by atoms with Crippen LogP contribution >= 0.6 is 11.6 Å². The number of nitrogens with zero attached hydrogens (tertiary/aromatic N) is 2. The number of amides is 1. The van der Waals surface area contributed by atoms with E-state index < -0.39 is 17.7 Å². The zero-order chi connectivity index (χ0) is 21.1. The molecule has 8 heteroatoms. The van der Waals surface area contributed by atoms with Crippen LogP contribution < -0.4 is 5.43 Å². The van der Waals surface area contributed by atoms with Crippen molar-refractivity contribution in [3.63, 3.8) is 0 Å². The van der Waals surface area contributed by atoms with Gasteiger partial charge in [0.15, 0.2) is 0 Å². The van der Waals surface area contributed by atoms with Gasteiger partial charge in [0.2, 0.25) is 0 Å². The van der Waals surface area contributed by atoms with Gasteiger partial charge in [0.05, 0.1) is 22.4 Å². The molecule has 0 saturated heterocycles. The molecule has 1 amide bonds. The van der Waals surface area contributed by atoms with Crippen LogP contribution in [0.25, 0.3) is 5.69 Å². The van der Waals surface area contributed by atoms with E-state index in [0.29, 0.717) is 11.3 Å². The van der Waals surface area contributed by atoms with Gasteiger partial charge in [-0.05, 0) is 50.2 Å². The number of aromatic carboxylic acids is 1. The van der Waals surface area contributed by atoms with Crippen LogP contribution in [0.4, 0.5) is 4.39 Å². The van der Waals surface area contributed by atoms with Crippen molar-refractivity contribution in [2.45, 2.75) is 13.8 Å². The van der Waals surface area contributed by atoms with Gasteiger partial charge in [0.1, 0.15) is 5.82 Å². The Kier molecular flexibility index (Phi) is 5.79. The smallest absolute Gasteiger partial charge is 0.337 e. The maximum Gasteiger partial charge on any atom is 0.337 e. The molecule has 0 spiro atoms. The minimum atomic E-state index is -1.11. The van der Waals surface area contributed by atoms with Crippen molar-refractivity contribution in [1.82, 2.24) is 9.99 Å². The van der Waals surface area contributed by atoms with Crippen LogP contribution in [0.2, 0.25) is 5.02 Å². The van der Waals surface area contributed by atoms with Gasteiger partial charge in [-0.25, -0.2) is 14.6 Å². The lowest BCUT2D eigenvalue weighted by molar-refractivity contribution is 0.0696. The summed E-state index contributed by atoms with van der Waals surface area (Å²) in [6, 6.07) is 12.2. The van der Waals surface area contributed by atoms with Crippen molar-refractivity contribution in [2.24, 2.45) is 5.10 Å². The van der Waals surface area contributed by atoms with Gasteiger partial charge in [-0.1, -0.05) is 23.7 Å². The van der Waals surface area contributed by atoms with Crippen LogP contribution in [0.15, 0.2) is 53.6 Å². The first-order valence-electron chi connectivity index (χ1n) is 8.59. The highest BCUT2D eigenvalue weighted by molar-refractivity contribution is 6.33. The molecule has 1 aromatic heterocycles. The van der Waals surface area contributed by atoms with Gasteiger partial charge in [-0.3, -0.25) is 4.79 Å². The maximum atomic E-state index is 13.6. The van der Waals surface area contributed by atoms with Gasteiger partial charge in [0, 0.05) is 22.6 Å². The molecule has 148 valence electrons. The molecule has 0 unspecified atom stereocenters. The first-order chi connectivity index (χ1) is 13.8. The number of benzene rings is 2. The van der Waals surface area contributed by atoms with E-state index in [1.807, 2.05) is 24.5 Å². The average Bonchev–Trinajstić information content (AvgIpc) is 2.96. The lowest BCUT2D eigenvalue weighted by atomic mass is 10.2. The Labute approximate surface area is 171 Å². The Hall–Kier alpha value is -3.45. The molecular weight excluding hydrogens is 397 g/mol. The minimum Gasteiger partial charge on any atom is -0.478 e. The van der Waals surface area contributed by atoms with Gasteiger partial charge >= 0.3 is 5.97 Å². The summed E-state index contributed by atoms with van der Waals surface area (Å²) in [6.07, 6.45) is 1.45. The number of rotatable bonds is 5. The summed E-state index contributed by atoms with van der Waals surface area (Å²) in [5, 5.41) is 13.3. The van der Waals surface area contributed by atoms with Crippen molar-refractivity contribution in [3.8, 4) is 5.69 Å². The number of carboxylic acid groups (broad SMARTS) is 1. The molecule has 0 bridgehead atoms. The molecule has 0 aliphatic rings. The molecule has 29 heavy (non-hydrogen) atoms. The third kappa shape index (κ3) is 4.20. The second-order valence-corrected chi connectivity index (χ2v) is 6.72. The number of aryl methyl sites for hydroxylation is 1. The molecule has 2 N–H and O–H groups in total. The first-order valence-corrected chi connectivity index (χ1v) is 8.97. The Bertz CT molecular complexity index is 1140. The van der Waals surface area contributed by atoms with E-state index in [1.165, 1.54) is 36.5 Å². The molecule has 0 atom stereocenters. The summed E-state index contributed by atoms with van der Waals surface area (Å²) in [7, 11) is 0. The molecule has 0 saturated carbocycles. The highest BCUT2D eigenvalue weighted by Crippen LogP contribution is 2.24. The second-order valence-electron chi connectivity index (χ2n) is 6.31. The third-order valence-electron chi connectivity index (χ3n) is 4.40. The highest BCUT2D eigenvalue weighted by Gasteiger charge is 2.14. The van der Waals surface area contributed by atoms with E-state index in [0.717, 1.165) is 11.4 Å². The topological polar surface area (TPSA) is 83.7 Å². The van der Waals surface area contributed by atoms with Crippen molar-refractivity contribution >= 4 is 29.7 Å². The van der Waals surface area contributed by atoms with Crippen LogP contribution in [-0.2, 0) is 0 Å². The Morgan fingerprint density at radius 2 is 1.86 bits per heavy atom. The number of carboxylic acids is 1. The van der Waals surface area contributed by atoms with Gasteiger partial charge in [0.25, 0.3) is 5.91 Å². The number of hydrazone groups is 1. The van der Waals surface area contributed by atoms with E-state index in [2.05, 4.69) is 10.5 Å². The molecule has 2 aromatic carbocycles. The molecule has 0 radical (unpaired) electrons. The number of aromatic nitrogens is 1. The largest absolute Gasteiger partial charge is 0.478 e. The Balaban J connectivity index is 1.86. The van der Waals surface area contributed by atoms with Crippen LogP contribution in [-0.4, -0.2) is 27.8 Å². The fourth-order valence-corrected chi connectivity index (χ4v) is 3.20. The van der Waals surface area contributed by atoms with Crippen LogP contribution in [0.3, 0.4) is 0 Å². The molecule has 3 rings (SSSR count). The van der Waals surface area contributed by atoms with E-state index in [-0.39, 0.29) is 16.1 Å². The van der Waals surface area contributed by atoms with Gasteiger partial charge in [-0.2, -0.15) is 5.10 Å². The summed E-state index contributed by atoms with van der Waals surface area (Å²) in [6.45, 7) is 3.69. The van der Waals surface area contributed by atoms with Crippen LogP contribution in [0, 0.1) is 19.7 Å². The first kappa shape index (κ1) is 20.3. The van der Waals surface area contributed by atoms with Gasteiger partial charge in [-0.15, -0.1) is 0 Å². The van der Waals surface area contributed by atoms with Crippen LogP contribution in [0.1, 0.15) is 37.7 Å². The molecule has 1 heterocycles. The summed E-state index contributed by atoms with van der Waals surface area (Å²) in [4.78, 5) is 23.4. The van der Waals surface area contributed by atoms with E-state index in [4.69, 9.17) is 11.6 Å². The third-order valence-corrected chi connectivity index (χ3v) is 4.73. The molecule has 0 fully saturated rings. The minimum absolute atomic E-state index is 0.00374. The quantitative estimate of drug-likeness (QED) is 0.482. The Morgan fingerprint density at radius 3 is 2.55 bits per heavy atom. The molecule has 0 aliphatic carbocycles. The maximum absolute atomic E-state index is 13.6. The van der Waals surface area contributed by atoms with Gasteiger partial charge < -0.3 is 9.67 Å². The van der Waals surface area contributed by atoms with Crippen LogP contribution in [0.5, 0.6) is 0 Å². The molecule has 3 aromatic rings. The van der Waals surface area contributed by atoms with Crippen molar-refractivity contribution < 1.29 is 19.1 Å². The average molecular weight is 414 g/mol. The molecule has 0 aliphatic heterocycles. The second kappa shape index (κ2) is 8.28. The zero-order valence-corrected chi connectivity index (χ0v) is 16.4. The number of nitrogens with one attached hydrogen (secondary N) is 1. The monoisotopic (exact) mass is 413 g/mol. The zero-order valence-electron chi connectivity index (χ0n) is 15.6. The number of hydrogen-bond donors (Lipinski definition) is 2. The highest BCUT2D eigenvalue weighted by atomic mass is 35.5. The summed E-state index contributed by atoms with van der Waals surface area (Å²) >= 11 is 5.95. The number of carbonyl (C=O) groups excluding carboxylic acids is 1. The van der Waals surface area contributed by atoms with E-state index >= 15 is 0 Å². The molecular formula is C21H17ClFN3O3. The predicted octanol–water partition coefficient (Wildman–Crippen LogP) is 4.35. The summed E-state index contributed by atoms with van der Waals surface area (Å²) in [5.74, 6) is -2.40.